The number of aliphatic carboxylic acids is 1. The van der Waals surface area contributed by atoms with Crippen LogP contribution in [0.4, 0.5) is 4.39 Å². The van der Waals surface area contributed by atoms with Crippen LogP contribution in [0.25, 0.3) is 11.0 Å². The van der Waals surface area contributed by atoms with E-state index in [2.05, 4.69) is 4.98 Å². The van der Waals surface area contributed by atoms with Crippen LogP contribution in [-0.2, 0) is 17.8 Å². The van der Waals surface area contributed by atoms with E-state index in [0.717, 1.165) is 4.57 Å². The first-order valence-corrected chi connectivity index (χ1v) is 7.47. The molecular weight excluding hydrogens is 335 g/mol. The van der Waals surface area contributed by atoms with Crippen LogP contribution in [0.2, 0.25) is 5.02 Å². The Morgan fingerprint density at radius 2 is 1.92 bits per heavy atom. The van der Waals surface area contributed by atoms with Crippen molar-refractivity contribution in [1.82, 2.24) is 9.55 Å². The Bertz CT molecular complexity index is 984. The summed E-state index contributed by atoms with van der Waals surface area (Å²) >= 11 is 5.94. The van der Waals surface area contributed by atoms with E-state index < -0.39 is 18.1 Å². The fourth-order valence-electron chi connectivity index (χ4n) is 2.47. The van der Waals surface area contributed by atoms with Crippen molar-refractivity contribution in [3.8, 4) is 0 Å². The maximum Gasteiger partial charge on any atom is 0.323 e. The molecule has 0 atom stereocenters. The maximum absolute atomic E-state index is 13.0. The second-order valence-corrected chi connectivity index (χ2v) is 5.72. The summed E-state index contributed by atoms with van der Waals surface area (Å²) in [5.74, 6) is -1.51. The molecule has 0 amide bonds. The monoisotopic (exact) mass is 346 g/mol. The molecule has 1 N–H and O–H groups in total. The number of fused-ring (bicyclic) bond motifs is 1. The van der Waals surface area contributed by atoms with Crippen LogP contribution < -0.4 is 5.56 Å². The second kappa shape index (κ2) is 6.41. The summed E-state index contributed by atoms with van der Waals surface area (Å²) in [7, 11) is 0. The van der Waals surface area contributed by atoms with Gasteiger partial charge in [0, 0.05) is 11.4 Å². The molecule has 0 fully saturated rings. The lowest BCUT2D eigenvalue weighted by atomic mass is 10.1. The first-order valence-electron chi connectivity index (χ1n) is 7.09. The summed E-state index contributed by atoms with van der Waals surface area (Å²) in [6.07, 6.45) is 0.178. The number of carboxylic acid groups (broad SMARTS) is 1. The summed E-state index contributed by atoms with van der Waals surface area (Å²) < 4.78 is 14.1. The lowest BCUT2D eigenvalue weighted by molar-refractivity contribution is -0.137. The van der Waals surface area contributed by atoms with Crippen LogP contribution in [0.5, 0.6) is 0 Å². The van der Waals surface area contributed by atoms with Crippen molar-refractivity contribution in [2.45, 2.75) is 13.0 Å². The molecule has 3 aromatic rings. The molecule has 1 aromatic heterocycles. The zero-order valence-corrected chi connectivity index (χ0v) is 13.1. The fourth-order valence-corrected chi connectivity index (χ4v) is 2.64. The molecule has 122 valence electrons. The number of carbonyl (C=O) groups is 1. The van der Waals surface area contributed by atoms with Gasteiger partial charge in [-0.2, -0.15) is 0 Å². The van der Waals surface area contributed by atoms with Gasteiger partial charge in [-0.05, 0) is 35.9 Å². The van der Waals surface area contributed by atoms with Gasteiger partial charge in [-0.1, -0.05) is 23.7 Å². The Kier molecular flexibility index (Phi) is 4.31. The normalized spacial score (nSPS) is 10.9. The van der Waals surface area contributed by atoms with Gasteiger partial charge in [0.05, 0.1) is 11.0 Å². The van der Waals surface area contributed by atoms with Gasteiger partial charge in [0.15, 0.2) is 0 Å². The molecule has 0 aliphatic heterocycles. The molecule has 1 heterocycles. The minimum Gasteiger partial charge on any atom is -0.480 e. The van der Waals surface area contributed by atoms with Gasteiger partial charge in [0.2, 0.25) is 0 Å². The van der Waals surface area contributed by atoms with Crippen molar-refractivity contribution in [2.24, 2.45) is 0 Å². The molecule has 0 bridgehead atoms. The van der Waals surface area contributed by atoms with Gasteiger partial charge >= 0.3 is 5.97 Å². The van der Waals surface area contributed by atoms with Gasteiger partial charge in [0.1, 0.15) is 18.1 Å². The van der Waals surface area contributed by atoms with Crippen molar-refractivity contribution >= 4 is 28.6 Å². The van der Waals surface area contributed by atoms with E-state index in [9.17, 15) is 14.0 Å². The zero-order chi connectivity index (χ0) is 17.3. The third kappa shape index (κ3) is 3.28. The third-order valence-electron chi connectivity index (χ3n) is 3.55. The molecule has 7 heteroatoms. The lowest BCUT2D eigenvalue weighted by Crippen LogP contribution is -2.28. The highest BCUT2D eigenvalue weighted by molar-refractivity contribution is 6.31. The Hall–Kier alpha value is -2.73. The first-order chi connectivity index (χ1) is 11.4. The number of nitrogens with zero attached hydrogens (tertiary/aromatic N) is 2. The smallest absolute Gasteiger partial charge is 0.323 e. The third-order valence-corrected chi connectivity index (χ3v) is 3.79. The molecule has 2 aromatic carbocycles. The number of hydrogen-bond donors (Lipinski definition) is 1. The molecule has 0 spiro atoms. The minimum atomic E-state index is -1.14. The number of carboxylic acids is 1. The highest BCUT2D eigenvalue weighted by atomic mass is 35.5. The van der Waals surface area contributed by atoms with E-state index in [0.29, 0.717) is 21.6 Å². The number of hydrogen-bond acceptors (Lipinski definition) is 3. The number of rotatable bonds is 4. The van der Waals surface area contributed by atoms with E-state index in [-0.39, 0.29) is 17.9 Å². The number of aromatic nitrogens is 2. The van der Waals surface area contributed by atoms with Crippen LogP contribution in [0.3, 0.4) is 0 Å². The zero-order valence-electron chi connectivity index (χ0n) is 12.4. The highest BCUT2D eigenvalue weighted by Gasteiger charge is 2.14. The molecule has 0 radical (unpaired) electrons. The van der Waals surface area contributed by atoms with E-state index in [1.165, 1.54) is 18.2 Å². The fraction of sp³-hybridized carbons (Fsp3) is 0.118. The van der Waals surface area contributed by atoms with Crippen LogP contribution in [-0.4, -0.2) is 20.6 Å². The Labute approximate surface area is 141 Å². The van der Waals surface area contributed by atoms with Gasteiger partial charge in [-0.15, -0.1) is 0 Å². The minimum absolute atomic E-state index is 0.178. The average Bonchev–Trinajstić information content (AvgIpc) is 2.54. The van der Waals surface area contributed by atoms with Crippen LogP contribution >= 0.6 is 11.6 Å². The molecule has 3 rings (SSSR count). The molecule has 5 nitrogen and oxygen atoms in total. The summed E-state index contributed by atoms with van der Waals surface area (Å²) in [5, 5.41) is 9.46. The Balaban J connectivity index is 2.16. The van der Waals surface area contributed by atoms with Crippen LogP contribution in [0, 0.1) is 5.82 Å². The number of benzene rings is 2. The predicted molar refractivity (Wildman–Crippen MR) is 87.9 cm³/mol. The lowest BCUT2D eigenvalue weighted by Gasteiger charge is -2.11. The quantitative estimate of drug-likeness (QED) is 0.788. The molecule has 0 unspecified atom stereocenters. The van der Waals surface area contributed by atoms with E-state index in [4.69, 9.17) is 16.7 Å². The summed E-state index contributed by atoms with van der Waals surface area (Å²) in [6.45, 7) is -0.491. The summed E-state index contributed by atoms with van der Waals surface area (Å²) in [6, 6.07) is 10.5. The molecular formula is C17H12ClFN2O3. The molecule has 0 aliphatic carbocycles. The van der Waals surface area contributed by atoms with Gasteiger partial charge in [-0.3, -0.25) is 14.2 Å². The predicted octanol–water partition coefficient (Wildman–Crippen LogP) is 2.86. The van der Waals surface area contributed by atoms with E-state index >= 15 is 0 Å². The van der Waals surface area contributed by atoms with Crippen molar-refractivity contribution in [2.75, 3.05) is 0 Å². The maximum atomic E-state index is 13.0. The SMILES string of the molecule is O=C(O)Cn1c(=O)c(Cc2ccc(F)cc2)nc2ccc(Cl)cc21. The summed E-state index contributed by atoms with van der Waals surface area (Å²) in [5.41, 5.74) is 1.22. The van der Waals surface area contributed by atoms with Crippen LogP contribution in [0.1, 0.15) is 11.3 Å². The Morgan fingerprint density at radius 1 is 1.21 bits per heavy atom. The first kappa shape index (κ1) is 16.1. The molecule has 0 saturated carbocycles. The number of halogens is 2. The van der Waals surface area contributed by atoms with E-state index in [1.807, 2.05) is 0 Å². The van der Waals surface area contributed by atoms with Crippen molar-refractivity contribution in [3.05, 3.63) is 74.9 Å². The van der Waals surface area contributed by atoms with Crippen molar-refractivity contribution < 1.29 is 14.3 Å². The van der Waals surface area contributed by atoms with Crippen molar-refractivity contribution in [1.29, 1.82) is 0 Å². The second-order valence-electron chi connectivity index (χ2n) is 5.28. The standard InChI is InChI=1S/C17H12ClFN2O3/c18-11-3-6-13-15(8-11)21(9-16(22)23)17(24)14(20-13)7-10-1-4-12(19)5-2-10/h1-6,8H,7,9H2,(H,22,23). The van der Waals surface area contributed by atoms with Gasteiger partial charge in [-0.25, -0.2) is 9.37 Å². The van der Waals surface area contributed by atoms with Crippen molar-refractivity contribution in [3.63, 3.8) is 0 Å². The molecule has 0 saturated heterocycles. The highest BCUT2D eigenvalue weighted by Crippen LogP contribution is 2.18. The largest absolute Gasteiger partial charge is 0.480 e. The van der Waals surface area contributed by atoms with Crippen LogP contribution in [0.15, 0.2) is 47.3 Å². The van der Waals surface area contributed by atoms with Gasteiger partial charge < -0.3 is 5.11 Å². The summed E-state index contributed by atoms with van der Waals surface area (Å²) in [4.78, 5) is 28.0. The average molecular weight is 347 g/mol. The molecule has 0 aliphatic rings. The topological polar surface area (TPSA) is 72.2 Å². The van der Waals surface area contributed by atoms with Gasteiger partial charge in [0.25, 0.3) is 5.56 Å². The van der Waals surface area contributed by atoms with E-state index in [1.54, 1.807) is 24.3 Å². The Morgan fingerprint density at radius 3 is 2.58 bits per heavy atom. The molecule has 24 heavy (non-hydrogen) atoms.